The van der Waals surface area contributed by atoms with Crippen molar-refractivity contribution < 1.29 is 4.74 Å². The molecule has 0 N–H and O–H groups in total. The summed E-state index contributed by atoms with van der Waals surface area (Å²) in [6.45, 7) is 4.28. The van der Waals surface area contributed by atoms with Crippen LogP contribution < -0.4 is 4.74 Å². The van der Waals surface area contributed by atoms with Gasteiger partial charge in [0.05, 0.1) is 23.7 Å². The Labute approximate surface area is 135 Å². The smallest absolute Gasteiger partial charge is 0.226 e. The number of hydrogen-bond acceptors (Lipinski definition) is 5. The predicted octanol–water partition coefficient (Wildman–Crippen LogP) is 4.45. The molecule has 0 spiro atoms. The number of ether oxygens (including phenoxy) is 1. The van der Waals surface area contributed by atoms with E-state index in [1.165, 1.54) is 0 Å². The van der Waals surface area contributed by atoms with Gasteiger partial charge in [0.15, 0.2) is 0 Å². The molecule has 0 saturated carbocycles. The standard InChI is InChI=1S/C15H13BrN3OS/c1-8(2)11-6-21-15(19-11)9-4-5-10-12(13(9)16)14(20-3)18-7-17-10/h4-6,8H,1-3H3. The lowest BCUT2D eigenvalue weighted by Gasteiger charge is -2.08. The average Bonchev–Trinajstić information content (AvgIpc) is 2.97. The van der Waals surface area contributed by atoms with Crippen LogP contribution in [0.3, 0.4) is 0 Å². The highest BCUT2D eigenvalue weighted by Gasteiger charge is 2.16. The largest absolute Gasteiger partial charge is 0.480 e. The topological polar surface area (TPSA) is 47.9 Å². The number of hydrogen-bond donors (Lipinski definition) is 0. The van der Waals surface area contributed by atoms with Crippen molar-refractivity contribution in [1.29, 1.82) is 0 Å². The van der Waals surface area contributed by atoms with Crippen molar-refractivity contribution in [2.45, 2.75) is 19.8 Å². The third-order valence-corrected chi connectivity index (χ3v) is 4.91. The fourth-order valence-electron chi connectivity index (χ4n) is 2.03. The zero-order valence-corrected chi connectivity index (χ0v) is 14.2. The highest BCUT2D eigenvalue weighted by atomic mass is 79.9. The first-order valence-corrected chi connectivity index (χ1v) is 8.15. The molecule has 0 fully saturated rings. The van der Waals surface area contributed by atoms with Crippen LogP contribution in [0.15, 0.2) is 22.0 Å². The van der Waals surface area contributed by atoms with Crippen LogP contribution >= 0.6 is 27.3 Å². The molecule has 6 heteroatoms. The average molecular weight is 363 g/mol. The Balaban J connectivity index is 2.21. The maximum atomic E-state index is 5.31. The fourth-order valence-corrected chi connectivity index (χ4v) is 3.87. The van der Waals surface area contributed by atoms with E-state index in [0.717, 1.165) is 31.6 Å². The van der Waals surface area contributed by atoms with Crippen LogP contribution in [-0.4, -0.2) is 22.1 Å². The highest BCUT2D eigenvalue weighted by Crippen LogP contribution is 2.39. The summed E-state index contributed by atoms with van der Waals surface area (Å²) in [6.07, 6.45) is 2.60. The van der Waals surface area contributed by atoms with Crippen molar-refractivity contribution in [2.24, 2.45) is 0 Å². The second kappa shape index (κ2) is 5.69. The number of methoxy groups -OCH3 is 1. The zero-order valence-electron chi connectivity index (χ0n) is 11.8. The van der Waals surface area contributed by atoms with E-state index in [9.17, 15) is 0 Å². The van der Waals surface area contributed by atoms with Gasteiger partial charge in [0.2, 0.25) is 12.2 Å². The van der Waals surface area contributed by atoms with Crippen molar-refractivity contribution in [1.82, 2.24) is 15.0 Å². The molecule has 3 aromatic rings. The fraction of sp³-hybridized carbons (Fsp3) is 0.267. The number of halogens is 1. The van der Waals surface area contributed by atoms with Gasteiger partial charge in [0, 0.05) is 15.4 Å². The Hall–Kier alpha value is -1.53. The van der Waals surface area contributed by atoms with E-state index < -0.39 is 0 Å². The molecule has 21 heavy (non-hydrogen) atoms. The Kier molecular flexibility index (Phi) is 3.91. The molecular formula is C15H13BrN3OS. The molecule has 2 heterocycles. The van der Waals surface area contributed by atoms with E-state index in [1.54, 1.807) is 18.4 Å². The summed E-state index contributed by atoms with van der Waals surface area (Å²) in [6, 6.07) is 3.95. The normalized spacial score (nSPS) is 11.3. The summed E-state index contributed by atoms with van der Waals surface area (Å²) >= 11 is 5.29. The third-order valence-electron chi connectivity index (χ3n) is 3.19. The molecule has 2 aromatic heterocycles. The molecule has 0 unspecified atom stereocenters. The Bertz CT molecular complexity index is 801. The molecule has 0 aliphatic carbocycles. The van der Waals surface area contributed by atoms with Crippen molar-refractivity contribution in [2.75, 3.05) is 7.11 Å². The minimum Gasteiger partial charge on any atom is -0.480 e. The minimum absolute atomic E-state index is 0.418. The first kappa shape index (κ1) is 14.4. The molecular weight excluding hydrogens is 350 g/mol. The van der Waals surface area contributed by atoms with E-state index >= 15 is 0 Å². The molecule has 0 aliphatic heterocycles. The maximum Gasteiger partial charge on any atom is 0.226 e. The van der Waals surface area contributed by atoms with Gasteiger partial charge in [0.1, 0.15) is 5.01 Å². The molecule has 107 valence electrons. The Morgan fingerprint density at radius 1 is 1.29 bits per heavy atom. The number of benzene rings is 1. The lowest BCUT2D eigenvalue weighted by atomic mass is 10.1. The molecule has 0 aliphatic rings. The Morgan fingerprint density at radius 2 is 2.10 bits per heavy atom. The molecule has 4 nitrogen and oxygen atoms in total. The number of aromatic nitrogens is 3. The van der Waals surface area contributed by atoms with Crippen molar-refractivity contribution in [3.8, 4) is 16.5 Å². The number of thiazole rings is 1. The van der Waals surface area contributed by atoms with Crippen molar-refractivity contribution in [3.63, 3.8) is 0 Å². The van der Waals surface area contributed by atoms with Gasteiger partial charge in [-0.05, 0) is 34.0 Å². The number of rotatable bonds is 3. The van der Waals surface area contributed by atoms with Crippen LogP contribution in [0.2, 0.25) is 0 Å². The summed E-state index contributed by atoms with van der Waals surface area (Å²) in [5, 5.41) is 3.92. The predicted molar refractivity (Wildman–Crippen MR) is 87.8 cm³/mol. The number of fused-ring (bicyclic) bond motifs is 1. The van der Waals surface area contributed by atoms with Gasteiger partial charge in [-0.3, -0.25) is 0 Å². The summed E-state index contributed by atoms with van der Waals surface area (Å²) < 4.78 is 6.21. The molecule has 0 amide bonds. The van der Waals surface area contributed by atoms with Crippen LogP contribution in [0.4, 0.5) is 0 Å². The molecule has 0 saturated heterocycles. The van der Waals surface area contributed by atoms with E-state index in [0.29, 0.717) is 11.8 Å². The van der Waals surface area contributed by atoms with Gasteiger partial charge in [-0.2, -0.15) is 4.98 Å². The summed E-state index contributed by atoms with van der Waals surface area (Å²) in [4.78, 5) is 12.9. The summed E-state index contributed by atoms with van der Waals surface area (Å²) in [5.41, 5.74) is 2.91. The van der Waals surface area contributed by atoms with Crippen molar-refractivity contribution in [3.05, 3.63) is 34.0 Å². The first-order valence-electron chi connectivity index (χ1n) is 6.48. The van der Waals surface area contributed by atoms with E-state index in [1.807, 2.05) is 12.1 Å². The second-order valence-electron chi connectivity index (χ2n) is 4.89. The maximum absolute atomic E-state index is 5.31. The minimum atomic E-state index is 0.418. The van der Waals surface area contributed by atoms with Gasteiger partial charge < -0.3 is 4.74 Å². The Morgan fingerprint density at radius 3 is 2.76 bits per heavy atom. The third kappa shape index (κ3) is 2.53. The molecule has 1 aromatic carbocycles. The van der Waals surface area contributed by atoms with Crippen LogP contribution in [0.5, 0.6) is 5.88 Å². The van der Waals surface area contributed by atoms with Crippen LogP contribution in [0.1, 0.15) is 25.5 Å². The van der Waals surface area contributed by atoms with E-state index in [-0.39, 0.29) is 0 Å². The first-order chi connectivity index (χ1) is 10.1. The molecule has 0 atom stereocenters. The summed E-state index contributed by atoms with van der Waals surface area (Å²) in [7, 11) is 1.59. The quantitative estimate of drug-likeness (QED) is 0.690. The van der Waals surface area contributed by atoms with Gasteiger partial charge in [-0.1, -0.05) is 13.8 Å². The van der Waals surface area contributed by atoms with Crippen molar-refractivity contribution >= 4 is 38.2 Å². The van der Waals surface area contributed by atoms with Crippen LogP contribution in [0.25, 0.3) is 21.5 Å². The van der Waals surface area contributed by atoms with E-state index in [2.05, 4.69) is 51.5 Å². The van der Waals surface area contributed by atoms with E-state index in [4.69, 9.17) is 9.72 Å². The van der Waals surface area contributed by atoms with Crippen LogP contribution in [0, 0.1) is 6.33 Å². The van der Waals surface area contributed by atoms with Gasteiger partial charge in [-0.15, -0.1) is 11.3 Å². The van der Waals surface area contributed by atoms with Gasteiger partial charge >= 0.3 is 0 Å². The number of nitrogens with zero attached hydrogens (tertiary/aromatic N) is 3. The molecule has 0 bridgehead atoms. The molecule has 3 rings (SSSR count). The zero-order chi connectivity index (χ0) is 15.0. The van der Waals surface area contributed by atoms with Crippen LogP contribution in [-0.2, 0) is 0 Å². The van der Waals surface area contributed by atoms with Gasteiger partial charge in [-0.25, -0.2) is 9.97 Å². The molecule has 1 radical (unpaired) electrons. The monoisotopic (exact) mass is 362 g/mol. The SMILES string of the molecule is COc1n[c]nc2ccc(-c3nc(C(C)C)cs3)c(Br)c12. The van der Waals surface area contributed by atoms with Gasteiger partial charge in [0.25, 0.3) is 0 Å². The lowest BCUT2D eigenvalue weighted by molar-refractivity contribution is 0.402. The second-order valence-corrected chi connectivity index (χ2v) is 6.54. The lowest BCUT2D eigenvalue weighted by Crippen LogP contribution is -1.93. The highest BCUT2D eigenvalue weighted by molar-refractivity contribution is 9.10. The summed E-state index contributed by atoms with van der Waals surface area (Å²) in [5.74, 6) is 0.927.